The van der Waals surface area contributed by atoms with Gasteiger partial charge in [0, 0.05) is 10.7 Å². The second kappa shape index (κ2) is 4.96. The largest absolute Gasteiger partial charge is 0.418 e. The summed E-state index contributed by atoms with van der Waals surface area (Å²) in [7, 11) is 0. The van der Waals surface area contributed by atoms with Crippen molar-refractivity contribution in [3.05, 3.63) is 27.5 Å². The number of alkyl halides is 5. The van der Waals surface area contributed by atoms with E-state index in [1.165, 1.54) is 6.07 Å². The first-order valence-electron chi connectivity index (χ1n) is 4.18. The summed E-state index contributed by atoms with van der Waals surface area (Å²) in [5, 5.41) is 8.42. The number of halogens is 6. The van der Waals surface area contributed by atoms with Crippen molar-refractivity contribution in [2.24, 2.45) is 0 Å². The van der Waals surface area contributed by atoms with Crippen molar-refractivity contribution >= 4 is 15.9 Å². The van der Waals surface area contributed by atoms with Crippen molar-refractivity contribution in [1.29, 1.82) is 5.26 Å². The van der Waals surface area contributed by atoms with Gasteiger partial charge in [0.25, 0.3) is 6.43 Å². The van der Waals surface area contributed by atoms with Gasteiger partial charge in [-0.05, 0) is 21.5 Å². The predicted octanol–water partition coefficient (Wildman–Crippen LogP) is 3.87. The van der Waals surface area contributed by atoms with Gasteiger partial charge >= 0.3 is 6.18 Å². The van der Waals surface area contributed by atoms with Crippen LogP contribution in [0.2, 0.25) is 0 Å². The van der Waals surface area contributed by atoms with Crippen LogP contribution in [-0.2, 0) is 12.6 Å². The van der Waals surface area contributed by atoms with Crippen LogP contribution in [0.3, 0.4) is 0 Å². The molecule has 0 bridgehead atoms. The van der Waals surface area contributed by atoms with Crippen molar-refractivity contribution in [3.8, 4) is 6.07 Å². The summed E-state index contributed by atoms with van der Waals surface area (Å²) in [6.45, 7) is 0. The van der Waals surface area contributed by atoms with Crippen LogP contribution in [0.1, 0.15) is 23.2 Å². The van der Waals surface area contributed by atoms with E-state index < -0.39 is 35.8 Å². The zero-order valence-electron chi connectivity index (χ0n) is 8.02. The first-order chi connectivity index (χ1) is 7.79. The molecule has 0 unspecified atom stereocenters. The van der Waals surface area contributed by atoms with Crippen LogP contribution >= 0.6 is 15.9 Å². The summed E-state index contributed by atoms with van der Waals surface area (Å²) in [5.41, 5.74) is -3.42. The predicted molar refractivity (Wildman–Crippen MR) is 51.2 cm³/mol. The highest BCUT2D eigenvalue weighted by Gasteiger charge is 2.40. The highest BCUT2D eigenvalue weighted by Crippen LogP contribution is 2.40. The molecule has 0 atom stereocenters. The van der Waals surface area contributed by atoms with Crippen LogP contribution in [0.25, 0.3) is 0 Å². The molecule has 0 fully saturated rings. The molecule has 2 nitrogen and oxygen atoms in total. The van der Waals surface area contributed by atoms with Gasteiger partial charge in [0.1, 0.15) is 5.69 Å². The second-order valence-electron chi connectivity index (χ2n) is 2.98. The van der Waals surface area contributed by atoms with E-state index in [4.69, 9.17) is 5.26 Å². The second-order valence-corrected chi connectivity index (χ2v) is 3.83. The lowest BCUT2D eigenvalue weighted by Crippen LogP contribution is -2.15. The molecule has 92 valence electrons. The van der Waals surface area contributed by atoms with E-state index in [2.05, 4.69) is 20.9 Å². The molecule has 1 aromatic rings. The molecular formula is C9H4BrF5N2. The Labute approximate surface area is 101 Å². The minimum absolute atomic E-state index is 0.115. The lowest BCUT2D eigenvalue weighted by molar-refractivity contribution is -0.140. The maximum absolute atomic E-state index is 12.7. The van der Waals surface area contributed by atoms with E-state index in [0.717, 1.165) is 6.20 Å². The van der Waals surface area contributed by atoms with E-state index in [9.17, 15) is 22.0 Å². The van der Waals surface area contributed by atoms with E-state index in [0.29, 0.717) is 0 Å². The number of hydrogen-bond acceptors (Lipinski definition) is 2. The molecule has 0 aliphatic carbocycles. The first kappa shape index (κ1) is 13.8. The average molecular weight is 315 g/mol. The zero-order chi connectivity index (χ0) is 13.2. The van der Waals surface area contributed by atoms with Gasteiger partial charge in [-0.3, -0.25) is 4.98 Å². The third-order valence-corrected chi connectivity index (χ3v) is 2.59. The van der Waals surface area contributed by atoms with Gasteiger partial charge in [0.05, 0.1) is 18.1 Å². The quantitative estimate of drug-likeness (QED) is 0.777. The maximum atomic E-state index is 12.7. The van der Waals surface area contributed by atoms with Gasteiger partial charge in [-0.15, -0.1) is 0 Å². The average Bonchev–Trinajstić information content (AvgIpc) is 2.18. The Balaban J connectivity index is 3.57. The number of hydrogen-bond donors (Lipinski definition) is 0. The van der Waals surface area contributed by atoms with Gasteiger partial charge < -0.3 is 0 Å². The third kappa shape index (κ3) is 2.91. The van der Waals surface area contributed by atoms with E-state index in [-0.39, 0.29) is 4.47 Å². The summed E-state index contributed by atoms with van der Waals surface area (Å²) >= 11 is 2.77. The van der Waals surface area contributed by atoms with Crippen LogP contribution in [0.5, 0.6) is 0 Å². The zero-order valence-corrected chi connectivity index (χ0v) is 9.61. The molecule has 0 N–H and O–H groups in total. The highest BCUT2D eigenvalue weighted by molar-refractivity contribution is 9.10. The summed E-state index contributed by atoms with van der Waals surface area (Å²) in [5.74, 6) is 0. The maximum Gasteiger partial charge on any atom is 0.418 e. The number of rotatable bonds is 2. The molecule has 1 heterocycles. The van der Waals surface area contributed by atoms with Gasteiger partial charge in [-0.2, -0.15) is 18.4 Å². The highest BCUT2D eigenvalue weighted by atomic mass is 79.9. The monoisotopic (exact) mass is 314 g/mol. The van der Waals surface area contributed by atoms with Crippen LogP contribution in [0.15, 0.2) is 10.7 Å². The Bertz CT molecular complexity index is 464. The summed E-state index contributed by atoms with van der Waals surface area (Å²) in [6, 6.07) is 1.50. The van der Waals surface area contributed by atoms with E-state index in [1.807, 2.05) is 0 Å². The Morgan fingerprint density at radius 2 is 2.00 bits per heavy atom. The third-order valence-electron chi connectivity index (χ3n) is 1.91. The molecule has 0 amide bonds. The molecule has 1 aromatic heterocycles. The van der Waals surface area contributed by atoms with Gasteiger partial charge in [0.15, 0.2) is 0 Å². The molecule has 0 aliphatic rings. The SMILES string of the molecule is N#CCc1c(Br)cnc(C(F)F)c1C(F)(F)F. The number of pyridine rings is 1. The van der Waals surface area contributed by atoms with E-state index in [1.54, 1.807) is 0 Å². The van der Waals surface area contributed by atoms with Crippen molar-refractivity contribution in [2.45, 2.75) is 19.0 Å². The van der Waals surface area contributed by atoms with Crippen LogP contribution in [0.4, 0.5) is 22.0 Å². The fourth-order valence-corrected chi connectivity index (χ4v) is 1.72. The fraction of sp³-hybridized carbons (Fsp3) is 0.333. The summed E-state index contributed by atoms with van der Waals surface area (Å²) in [6.07, 6.45) is -8.12. The molecule has 0 radical (unpaired) electrons. The normalized spacial score (nSPS) is 11.6. The molecule has 0 saturated carbocycles. The Hall–Kier alpha value is -1.23. The van der Waals surface area contributed by atoms with Crippen LogP contribution < -0.4 is 0 Å². The standard InChI is InChI=1S/C9H4BrF5N2/c10-5-3-17-7(8(11)12)6(9(13,14)15)4(5)1-2-16/h3,8H,1H2. The lowest BCUT2D eigenvalue weighted by Gasteiger charge is -2.16. The topological polar surface area (TPSA) is 36.7 Å². The first-order valence-corrected chi connectivity index (χ1v) is 4.98. The van der Waals surface area contributed by atoms with Crippen molar-refractivity contribution in [3.63, 3.8) is 0 Å². The minimum atomic E-state index is -4.98. The Kier molecular flexibility index (Phi) is 4.03. The van der Waals surface area contributed by atoms with Crippen molar-refractivity contribution < 1.29 is 22.0 Å². The number of nitriles is 1. The van der Waals surface area contributed by atoms with E-state index >= 15 is 0 Å². The molecule has 17 heavy (non-hydrogen) atoms. The molecule has 0 aliphatic heterocycles. The number of nitrogens with zero attached hydrogens (tertiary/aromatic N) is 2. The molecular weight excluding hydrogens is 311 g/mol. The van der Waals surface area contributed by atoms with Gasteiger partial charge in [-0.25, -0.2) is 8.78 Å². The molecule has 8 heteroatoms. The minimum Gasteiger partial charge on any atom is -0.253 e. The Morgan fingerprint density at radius 1 is 1.41 bits per heavy atom. The summed E-state index contributed by atoms with van der Waals surface area (Å²) < 4.78 is 62.8. The molecule has 0 saturated heterocycles. The van der Waals surface area contributed by atoms with Crippen molar-refractivity contribution in [2.75, 3.05) is 0 Å². The Morgan fingerprint density at radius 3 is 2.41 bits per heavy atom. The summed E-state index contributed by atoms with van der Waals surface area (Å²) in [4.78, 5) is 3.06. The lowest BCUT2D eigenvalue weighted by atomic mass is 10.0. The van der Waals surface area contributed by atoms with Gasteiger partial charge in [0.2, 0.25) is 0 Å². The molecule has 0 spiro atoms. The fourth-order valence-electron chi connectivity index (χ4n) is 1.28. The number of aromatic nitrogens is 1. The van der Waals surface area contributed by atoms with Crippen LogP contribution in [-0.4, -0.2) is 4.98 Å². The molecule has 0 aromatic carbocycles. The smallest absolute Gasteiger partial charge is 0.253 e. The van der Waals surface area contributed by atoms with Crippen LogP contribution in [0, 0.1) is 11.3 Å². The van der Waals surface area contributed by atoms with Gasteiger partial charge in [-0.1, -0.05) is 0 Å². The van der Waals surface area contributed by atoms with Crippen molar-refractivity contribution in [1.82, 2.24) is 4.98 Å². The molecule has 1 rings (SSSR count).